The quantitative estimate of drug-likeness (QED) is 0.628. The van der Waals surface area contributed by atoms with E-state index >= 15 is 0 Å². The molecule has 2 aliphatic carbocycles. The van der Waals surface area contributed by atoms with Crippen molar-refractivity contribution in [3.05, 3.63) is 17.0 Å². The molecule has 1 heterocycles. The predicted octanol–water partition coefficient (Wildman–Crippen LogP) is 1.51. The molecule has 5 nitrogen and oxygen atoms in total. The summed E-state index contributed by atoms with van der Waals surface area (Å²) < 4.78 is 5.35. The van der Waals surface area contributed by atoms with E-state index in [1.54, 1.807) is 0 Å². The number of nitrogens with one attached hydrogen (secondary N) is 1. The molecular formula is C13H20N4O. The van der Waals surface area contributed by atoms with E-state index in [1.807, 2.05) is 0 Å². The fourth-order valence-electron chi connectivity index (χ4n) is 2.54. The standard InChI is InChI=1S/C13H20N4O/c14-13(16-9-4-3-5-9)15-8-11-10-6-1-2-7-12(10)18-17-11/h9H,1-8H2,(H3,14,15,16). The second-order valence-corrected chi connectivity index (χ2v) is 5.21. The molecule has 0 saturated heterocycles. The summed E-state index contributed by atoms with van der Waals surface area (Å²) in [5, 5.41) is 7.35. The van der Waals surface area contributed by atoms with Crippen molar-refractivity contribution in [2.45, 2.75) is 57.5 Å². The van der Waals surface area contributed by atoms with Gasteiger partial charge in [-0.05, 0) is 38.5 Å². The Morgan fingerprint density at radius 3 is 2.94 bits per heavy atom. The van der Waals surface area contributed by atoms with Gasteiger partial charge in [-0.2, -0.15) is 0 Å². The number of aryl methyl sites for hydroxylation is 1. The van der Waals surface area contributed by atoms with Gasteiger partial charge in [0.25, 0.3) is 0 Å². The molecule has 1 aromatic heterocycles. The van der Waals surface area contributed by atoms with Crippen LogP contribution in [-0.2, 0) is 19.4 Å². The highest BCUT2D eigenvalue weighted by Gasteiger charge is 2.20. The average Bonchev–Trinajstić information content (AvgIpc) is 2.75. The maximum absolute atomic E-state index is 5.86. The number of nitrogens with two attached hydrogens (primary N) is 1. The van der Waals surface area contributed by atoms with Crippen LogP contribution in [0.3, 0.4) is 0 Å². The average molecular weight is 248 g/mol. The normalized spacial score (nSPS) is 20.3. The summed E-state index contributed by atoms with van der Waals surface area (Å²) in [6, 6.07) is 0.528. The van der Waals surface area contributed by atoms with Crippen molar-refractivity contribution in [2.75, 3.05) is 0 Å². The van der Waals surface area contributed by atoms with Crippen LogP contribution < -0.4 is 11.1 Å². The summed E-state index contributed by atoms with van der Waals surface area (Å²) >= 11 is 0. The van der Waals surface area contributed by atoms with E-state index in [2.05, 4.69) is 15.5 Å². The molecule has 3 N–H and O–H groups in total. The van der Waals surface area contributed by atoms with Gasteiger partial charge in [-0.15, -0.1) is 0 Å². The fraction of sp³-hybridized carbons (Fsp3) is 0.692. The zero-order valence-electron chi connectivity index (χ0n) is 10.6. The lowest BCUT2D eigenvalue weighted by molar-refractivity contribution is 0.368. The van der Waals surface area contributed by atoms with E-state index in [1.165, 1.54) is 37.7 Å². The number of nitrogens with zero attached hydrogens (tertiary/aromatic N) is 2. The van der Waals surface area contributed by atoms with Crippen LogP contribution in [-0.4, -0.2) is 17.2 Å². The lowest BCUT2D eigenvalue weighted by Crippen LogP contribution is -2.43. The number of guanidine groups is 1. The Kier molecular flexibility index (Phi) is 3.21. The molecule has 0 aromatic carbocycles. The highest BCUT2D eigenvalue weighted by atomic mass is 16.5. The Morgan fingerprint density at radius 1 is 1.33 bits per heavy atom. The van der Waals surface area contributed by atoms with Gasteiger partial charge in [-0.1, -0.05) is 5.16 Å². The summed E-state index contributed by atoms with van der Waals surface area (Å²) in [7, 11) is 0. The van der Waals surface area contributed by atoms with Crippen molar-refractivity contribution in [3.63, 3.8) is 0 Å². The van der Waals surface area contributed by atoms with Gasteiger partial charge in [-0.3, -0.25) is 0 Å². The van der Waals surface area contributed by atoms with E-state index in [4.69, 9.17) is 10.3 Å². The summed E-state index contributed by atoms with van der Waals surface area (Å²) in [5.41, 5.74) is 8.08. The third kappa shape index (κ3) is 2.35. The van der Waals surface area contributed by atoms with E-state index in [0.717, 1.165) is 24.3 Å². The van der Waals surface area contributed by atoms with E-state index < -0.39 is 0 Å². The molecule has 0 radical (unpaired) electrons. The Labute approximate surface area is 107 Å². The third-order valence-corrected chi connectivity index (χ3v) is 3.89. The first-order chi connectivity index (χ1) is 8.83. The first-order valence-corrected chi connectivity index (χ1v) is 6.85. The monoisotopic (exact) mass is 248 g/mol. The highest BCUT2D eigenvalue weighted by molar-refractivity contribution is 5.78. The second-order valence-electron chi connectivity index (χ2n) is 5.21. The Bertz CT molecular complexity index is 448. The van der Waals surface area contributed by atoms with Gasteiger partial charge in [0.2, 0.25) is 0 Å². The van der Waals surface area contributed by atoms with Crippen molar-refractivity contribution in [3.8, 4) is 0 Å². The molecule has 2 aliphatic rings. The number of fused-ring (bicyclic) bond motifs is 1. The molecule has 1 fully saturated rings. The van der Waals surface area contributed by atoms with Crippen LogP contribution in [0.4, 0.5) is 0 Å². The van der Waals surface area contributed by atoms with Crippen LogP contribution in [0.25, 0.3) is 0 Å². The summed E-state index contributed by atoms with van der Waals surface area (Å²) in [6.45, 7) is 0.532. The molecule has 0 bridgehead atoms. The molecule has 18 heavy (non-hydrogen) atoms. The van der Waals surface area contributed by atoms with Gasteiger partial charge in [-0.25, -0.2) is 4.99 Å². The molecule has 0 spiro atoms. The third-order valence-electron chi connectivity index (χ3n) is 3.89. The molecule has 0 aliphatic heterocycles. The maximum Gasteiger partial charge on any atom is 0.189 e. The Balaban J connectivity index is 1.61. The van der Waals surface area contributed by atoms with Gasteiger partial charge in [0.05, 0.1) is 6.54 Å². The van der Waals surface area contributed by atoms with Crippen molar-refractivity contribution in [2.24, 2.45) is 10.7 Å². The van der Waals surface area contributed by atoms with Gasteiger partial charge in [0.1, 0.15) is 11.5 Å². The van der Waals surface area contributed by atoms with Gasteiger partial charge >= 0.3 is 0 Å². The van der Waals surface area contributed by atoms with E-state index in [9.17, 15) is 0 Å². The number of aliphatic imine (C=N–C) groups is 1. The zero-order valence-corrected chi connectivity index (χ0v) is 10.6. The molecule has 98 valence electrons. The topological polar surface area (TPSA) is 76.4 Å². The zero-order chi connectivity index (χ0) is 12.4. The predicted molar refractivity (Wildman–Crippen MR) is 69.2 cm³/mol. The van der Waals surface area contributed by atoms with Gasteiger partial charge < -0.3 is 15.6 Å². The lowest BCUT2D eigenvalue weighted by Gasteiger charge is -2.26. The number of rotatable bonds is 3. The fourth-order valence-corrected chi connectivity index (χ4v) is 2.54. The second kappa shape index (κ2) is 5.00. The molecule has 0 amide bonds. The van der Waals surface area contributed by atoms with Crippen molar-refractivity contribution in [1.29, 1.82) is 0 Å². The Hall–Kier alpha value is -1.52. The van der Waals surface area contributed by atoms with Crippen LogP contribution in [0.15, 0.2) is 9.52 Å². The minimum Gasteiger partial charge on any atom is -0.370 e. The van der Waals surface area contributed by atoms with Crippen LogP contribution in [0.1, 0.15) is 49.1 Å². The maximum atomic E-state index is 5.86. The summed E-state index contributed by atoms with van der Waals surface area (Å²) in [5.74, 6) is 1.59. The molecular weight excluding hydrogens is 228 g/mol. The molecule has 3 rings (SSSR count). The minimum absolute atomic E-state index is 0.528. The number of aromatic nitrogens is 1. The van der Waals surface area contributed by atoms with Gasteiger partial charge in [0.15, 0.2) is 5.96 Å². The lowest BCUT2D eigenvalue weighted by atomic mass is 9.93. The van der Waals surface area contributed by atoms with Crippen LogP contribution >= 0.6 is 0 Å². The minimum atomic E-state index is 0.528. The van der Waals surface area contributed by atoms with Crippen LogP contribution in [0.5, 0.6) is 0 Å². The largest absolute Gasteiger partial charge is 0.370 e. The van der Waals surface area contributed by atoms with Crippen LogP contribution in [0.2, 0.25) is 0 Å². The van der Waals surface area contributed by atoms with Gasteiger partial charge in [0, 0.05) is 18.0 Å². The SMILES string of the molecule is NC(=NCc1noc2c1CCCC2)NC1CCC1. The number of hydrogen-bond donors (Lipinski definition) is 2. The first kappa shape index (κ1) is 11.6. The molecule has 0 unspecified atom stereocenters. The molecule has 1 aromatic rings. The van der Waals surface area contributed by atoms with Crippen molar-refractivity contribution < 1.29 is 4.52 Å². The Morgan fingerprint density at radius 2 is 2.17 bits per heavy atom. The molecule has 1 saturated carbocycles. The smallest absolute Gasteiger partial charge is 0.189 e. The summed E-state index contributed by atoms with van der Waals surface area (Å²) in [4.78, 5) is 4.36. The number of hydrogen-bond acceptors (Lipinski definition) is 3. The highest BCUT2D eigenvalue weighted by Crippen LogP contribution is 2.24. The first-order valence-electron chi connectivity index (χ1n) is 6.85. The van der Waals surface area contributed by atoms with Crippen LogP contribution in [0, 0.1) is 0 Å². The molecule has 5 heteroatoms. The summed E-state index contributed by atoms with van der Waals surface area (Å²) in [6.07, 6.45) is 8.21. The molecule has 0 atom stereocenters. The van der Waals surface area contributed by atoms with E-state index in [0.29, 0.717) is 18.5 Å². The van der Waals surface area contributed by atoms with Crippen molar-refractivity contribution in [1.82, 2.24) is 10.5 Å². The van der Waals surface area contributed by atoms with E-state index in [-0.39, 0.29) is 0 Å². The van der Waals surface area contributed by atoms with Crippen molar-refractivity contribution >= 4 is 5.96 Å².